The van der Waals surface area contributed by atoms with E-state index in [0.717, 1.165) is 22.6 Å². The second kappa shape index (κ2) is 14.3. The third-order valence-electron chi connectivity index (χ3n) is 6.93. The zero-order valence-corrected chi connectivity index (χ0v) is 27.2. The molecule has 3 amide bonds. The van der Waals surface area contributed by atoms with Crippen molar-refractivity contribution in [3.05, 3.63) is 100 Å². The van der Waals surface area contributed by atoms with Gasteiger partial charge in [0.25, 0.3) is 5.91 Å². The average Bonchev–Trinajstić information content (AvgIpc) is 3.39. The van der Waals surface area contributed by atoms with Crippen LogP contribution < -0.4 is 20.7 Å². The number of halogens is 1. The number of aromatic nitrogens is 2. The first-order chi connectivity index (χ1) is 21.3. The van der Waals surface area contributed by atoms with Gasteiger partial charge in [-0.2, -0.15) is 5.26 Å². The monoisotopic (exact) mass is 626 g/mol. The summed E-state index contributed by atoms with van der Waals surface area (Å²) in [5.41, 5.74) is 3.76. The van der Waals surface area contributed by atoms with Crippen molar-refractivity contribution < 1.29 is 14.3 Å². The SMILES string of the molecule is CC(C)Oc1c(Cl)cc(C(=O)N[C@H](CNC(=O)Nc2ccccc2)Cc2ccc(-c3cn(C)c(C(C)(C)C)n3)cc2)cc1C#N. The number of nitrogens with one attached hydrogen (secondary N) is 3. The van der Waals surface area contributed by atoms with Gasteiger partial charge in [0.1, 0.15) is 11.9 Å². The molecule has 0 aliphatic rings. The number of imidazole rings is 1. The van der Waals surface area contributed by atoms with E-state index in [2.05, 4.69) is 42.8 Å². The maximum atomic E-state index is 13.4. The van der Waals surface area contributed by atoms with Gasteiger partial charge in [0, 0.05) is 42.0 Å². The summed E-state index contributed by atoms with van der Waals surface area (Å²) in [7, 11) is 2.00. The molecular weight excluding hydrogens is 588 g/mol. The third kappa shape index (κ3) is 8.87. The Kier molecular flexibility index (Phi) is 10.5. The molecule has 0 spiro atoms. The fourth-order valence-corrected chi connectivity index (χ4v) is 5.18. The zero-order valence-electron chi connectivity index (χ0n) is 26.4. The van der Waals surface area contributed by atoms with Gasteiger partial charge in [-0.05, 0) is 50.1 Å². The Hall–Kier alpha value is -4.81. The van der Waals surface area contributed by atoms with Crippen molar-refractivity contribution >= 4 is 29.2 Å². The van der Waals surface area contributed by atoms with Crippen LogP contribution in [0.25, 0.3) is 11.3 Å². The Morgan fingerprint density at radius 2 is 1.76 bits per heavy atom. The molecular formula is C35H39ClN6O3. The molecule has 3 N–H and O–H groups in total. The van der Waals surface area contributed by atoms with Gasteiger partial charge in [-0.3, -0.25) is 4.79 Å². The first-order valence-electron chi connectivity index (χ1n) is 14.8. The van der Waals surface area contributed by atoms with Gasteiger partial charge >= 0.3 is 6.03 Å². The van der Waals surface area contributed by atoms with Gasteiger partial charge in [-0.25, -0.2) is 9.78 Å². The minimum atomic E-state index is -0.483. The molecule has 1 atom stereocenters. The molecule has 0 aliphatic carbocycles. The molecule has 0 fully saturated rings. The number of benzene rings is 3. The van der Waals surface area contributed by atoms with Crippen LogP contribution in [0, 0.1) is 11.3 Å². The number of urea groups is 1. The first-order valence-corrected chi connectivity index (χ1v) is 15.2. The van der Waals surface area contributed by atoms with Crippen LogP contribution in [-0.4, -0.2) is 40.2 Å². The third-order valence-corrected chi connectivity index (χ3v) is 7.22. The Bertz CT molecular complexity index is 1690. The molecule has 0 bridgehead atoms. The number of hydrogen-bond donors (Lipinski definition) is 3. The second-order valence-corrected chi connectivity index (χ2v) is 12.6. The van der Waals surface area contributed by atoms with E-state index in [0.29, 0.717) is 12.1 Å². The van der Waals surface area contributed by atoms with Crippen molar-refractivity contribution in [2.45, 2.75) is 58.6 Å². The number of carbonyl (C=O) groups excluding carboxylic acids is 2. The number of anilines is 1. The van der Waals surface area contributed by atoms with E-state index >= 15 is 0 Å². The largest absolute Gasteiger partial charge is 0.488 e. The Balaban J connectivity index is 1.53. The highest BCUT2D eigenvalue weighted by molar-refractivity contribution is 6.32. The van der Waals surface area contributed by atoms with E-state index < -0.39 is 18.0 Å². The summed E-state index contributed by atoms with van der Waals surface area (Å²) in [6, 6.07) is 21.2. The number of ether oxygens (including phenoxy) is 1. The van der Waals surface area contributed by atoms with E-state index in [1.54, 1.807) is 12.1 Å². The molecule has 45 heavy (non-hydrogen) atoms. The molecule has 0 saturated heterocycles. The molecule has 3 aromatic carbocycles. The van der Waals surface area contributed by atoms with Gasteiger partial charge in [-0.1, -0.05) is 74.8 Å². The normalized spacial score (nSPS) is 11.9. The highest BCUT2D eigenvalue weighted by Crippen LogP contribution is 2.31. The summed E-state index contributed by atoms with van der Waals surface area (Å²) in [5, 5.41) is 18.5. The molecule has 0 saturated carbocycles. The van der Waals surface area contributed by atoms with Crippen LogP contribution in [0.3, 0.4) is 0 Å². The highest BCUT2D eigenvalue weighted by Gasteiger charge is 2.22. The van der Waals surface area contributed by atoms with E-state index in [1.165, 1.54) is 12.1 Å². The molecule has 1 heterocycles. The summed E-state index contributed by atoms with van der Waals surface area (Å²) in [5.74, 6) is 0.802. The molecule has 234 valence electrons. The van der Waals surface area contributed by atoms with Crippen molar-refractivity contribution in [3.63, 3.8) is 0 Å². The predicted octanol–water partition coefficient (Wildman–Crippen LogP) is 6.86. The first kappa shape index (κ1) is 33.1. The van der Waals surface area contributed by atoms with Crippen LogP contribution >= 0.6 is 11.6 Å². The van der Waals surface area contributed by atoms with E-state index in [-0.39, 0.29) is 40.0 Å². The number of carbonyl (C=O) groups is 2. The lowest BCUT2D eigenvalue weighted by molar-refractivity contribution is 0.0936. The molecule has 9 nitrogen and oxygen atoms in total. The van der Waals surface area contributed by atoms with E-state index in [9.17, 15) is 14.9 Å². The number of aryl methyl sites for hydroxylation is 1. The highest BCUT2D eigenvalue weighted by atomic mass is 35.5. The molecule has 4 rings (SSSR count). The van der Waals surface area contributed by atoms with E-state index in [1.807, 2.05) is 74.1 Å². The lowest BCUT2D eigenvalue weighted by Gasteiger charge is -2.21. The molecule has 4 aromatic rings. The zero-order chi connectivity index (χ0) is 32.7. The minimum Gasteiger partial charge on any atom is -0.488 e. The van der Waals surface area contributed by atoms with Crippen LogP contribution in [-0.2, 0) is 18.9 Å². The summed E-state index contributed by atoms with van der Waals surface area (Å²) < 4.78 is 7.74. The fraction of sp³-hybridized carbons (Fsp3) is 0.314. The average molecular weight is 627 g/mol. The van der Waals surface area contributed by atoms with Crippen LogP contribution in [0.15, 0.2) is 72.9 Å². The molecule has 1 aromatic heterocycles. The molecule has 0 aliphatic heterocycles. The molecule has 0 unspecified atom stereocenters. The summed E-state index contributed by atoms with van der Waals surface area (Å²) in [6.07, 6.45) is 2.25. The van der Waals surface area contributed by atoms with Gasteiger partial charge < -0.3 is 25.3 Å². The van der Waals surface area contributed by atoms with Gasteiger partial charge in [0.05, 0.1) is 28.4 Å². The maximum absolute atomic E-state index is 13.4. The van der Waals surface area contributed by atoms with Crippen LogP contribution in [0.4, 0.5) is 10.5 Å². The Morgan fingerprint density at radius 3 is 2.36 bits per heavy atom. The molecule has 10 heteroatoms. The topological polar surface area (TPSA) is 121 Å². The number of para-hydroxylation sites is 1. The van der Waals surface area contributed by atoms with Gasteiger partial charge in [0.15, 0.2) is 5.75 Å². The second-order valence-electron chi connectivity index (χ2n) is 12.2. The smallest absolute Gasteiger partial charge is 0.319 e. The lowest BCUT2D eigenvalue weighted by atomic mass is 9.96. The predicted molar refractivity (Wildman–Crippen MR) is 178 cm³/mol. The number of hydrogen-bond acceptors (Lipinski definition) is 5. The number of nitriles is 1. The fourth-order valence-electron chi connectivity index (χ4n) is 4.92. The Labute approximate surface area is 269 Å². The summed E-state index contributed by atoms with van der Waals surface area (Å²) in [4.78, 5) is 30.9. The quantitative estimate of drug-likeness (QED) is 0.178. The van der Waals surface area contributed by atoms with Crippen molar-refractivity contribution in [1.82, 2.24) is 20.2 Å². The number of amides is 3. The van der Waals surface area contributed by atoms with E-state index in [4.69, 9.17) is 21.3 Å². The van der Waals surface area contributed by atoms with Crippen molar-refractivity contribution in [3.8, 4) is 23.1 Å². The van der Waals surface area contributed by atoms with Gasteiger partial charge in [-0.15, -0.1) is 0 Å². The maximum Gasteiger partial charge on any atom is 0.319 e. The standard InChI is InChI=1S/C35H39ClN6O3/c1-22(2)45-31-26(19-37)17-25(18-29(31)36)32(43)39-28(20-38-34(44)40-27-10-8-7-9-11-27)16-23-12-14-24(15-13-23)30-21-42(6)33(41-30)35(3,4)5/h7-15,17-18,21-22,28H,16,20H2,1-6H3,(H,39,43)(H2,38,40,44)/t28-/m0/s1. The minimum absolute atomic E-state index is 0.0851. The number of nitrogens with zero attached hydrogens (tertiary/aromatic N) is 3. The van der Waals surface area contributed by atoms with Crippen LogP contribution in [0.5, 0.6) is 5.75 Å². The van der Waals surface area contributed by atoms with Crippen LogP contribution in [0.1, 0.15) is 61.9 Å². The van der Waals surface area contributed by atoms with Crippen molar-refractivity contribution in [1.29, 1.82) is 5.26 Å². The van der Waals surface area contributed by atoms with Crippen molar-refractivity contribution in [2.24, 2.45) is 7.05 Å². The summed E-state index contributed by atoms with van der Waals surface area (Å²) in [6.45, 7) is 10.2. The van der Waals surface area contributed by atoms with Crippen LogP contribution in [0.2, 0.25) is 5.02 Å². The van der Waals surface area contributed by atoms with Gasteiger partial charge in [0.2, 0.25) is 0 Å². The van der Waals surface area contributed by atoms with Crippen molar-refractivity contribution in [2.75, 3.05) is 11.9 Å². The number of rotatable bonds is 10. The molecule has 0 radical (unpaired) electrons. The lowest BCUT2D eigenvalue weighted by Crippen LogP contribution is -2.46. The summed E-state index contributed by atoms with van der Waals surface area (Å²) >= 11 is 6.42. The Morgan fingerprint density at radius 1 is 1.07 bits per heavy atom.